The zero-order valence-electron chi connectivity index (χ0n) is 13.6. The average Bonchev–Trinajstić information content (AvgIpc) is 2.59. The molecule has 112 valence electrons. The minimum absolute atomic E-state index is 0.446. The van der Waals surface area contributed by atoms with Gasteiger partial charge in [-0.2, -0.15) is 0 Å². The topological polar surface area (TPSA) is 15.3 Å². The highest BCUT2D eigenvalue weighted by Gasteiger charge is 2.18. The molecule has 1 saturated heterocycles. The fourth-order valence-corrected chi connectivity index (χ4v) is 3.34. The van der Waals surface area contributed by atoms with Crippen molar-refractivity contribution in [3.05, 3.63) is 34.9 Å². The molecule has 1 N–H and O–H groups in total. The molecule has 20 heavy (non-hydrogen) atoms. The first-order valence-corrected chi connectivity index (χ1v) is 8.06. The van der Waals surface area contributed by atoms with E-state index in [0.29, 0.717) is 6.04 Å². The second kappa shape index (κ2) is 7.24. The van der Waals surface area contributed by atoms with Gasteiger partial charge in [-0.3, -0.25) is 0 Å². The van der Waals surface area contributed by atoms with Gasteiger partial charge in [-0.05, 0) is 64.7 Å². The Morgan fingerprint density at radius 3 is 2.50 bits per heavy atom. The Labute approximate surface area is 124 Å². The number of nitrogens with one attached hydrogen (secondary N) is 1. The SMILES string of the molecule is CNC(CN1CCCC(C)CC1)c1cc(C)cc(C)c1. The van der Waals surface area contributed by atoms with E-state index in [1.54, 1.807) is 0 Å². The Bertz CT molecular complexity index is 407. The molecule has 1 aromatic carbocycles. The van der Waals surface area contributed by atoms with Crippen molar-refractivity contribution >= 4 is 0 Å². The number of likely N-dealkylation sites (tertiary alicyclic amines) is 1. The largest absolute Gasteiger partial charge is 0.312 e. The summed E-state index contributed by atoms with van der Waals surface area (Å²) >= 11 is 0. The van der Waals surface area contributed by atoms with E-state index in [4.69, 9.17) is 0 Å². The summed E-state index contributed by atoms with van der Waals surface area (Å²) in [6.07, 6.45) is 4.10. The third kappa shape index (κ3) is 4.32. The first-order valence-electron chi connectivity index (χ1n) is 8.06. The Balaban J connectivity index is 2.04. The van der Waals surface area contributed by atoms with Crippen molar-refractivity contribution in [3.63, 3.8) is 0 Å². The summed E-state index contributed by atoms with van der Waals surface area (Å²) in [7, 11) is 2.09. The fraction of sp³-hybridized carbons (Fsp3) is 0.667. The monoisotopic (exact) mass is 274 g/mol. The molecule has 0 spiro atoms. The van der Waals surface area contributed by atoms with Gasteiger partial charge in [-0.1, -0.05) is 36.2 Å². The average molecular weight is 274 g/mol. The molecule has 1 aliphatic rings. The van der Waals surface area contributed by atoms with Gasteiger partial charge in [-0.25, -0.2) is 0 Å². The van der Waals surface area contributed by atoms with Gasteiger partial charge in [0, 0.05) is 12.6 Å². The smallest absolute Gasteiger partial charge is 0.0447 e. The molecule has 0 amide bonds. The maximum Gasteiger partial charge on any atom is 0.0447 e. The Morgan fingerprint density at radius 2 is 1.85 bits per heavy atom. The van der Waals surface area contributed by atoms with Crippen molar-refractivity contribution < 1.29 is 0 Å². The van der Waals surface area contributed by atoms with Crippen LogP contribution in [0.2, 0.25) is 0 Å². The highest BCUT2D eigenvalue weighted by Crippen LogP contribution is 2.21. The van der Waals surface area contributed by atoms with E-state index in [-0.39, 0.29) is 0 Å². The van der Waals surface area contributed by atoms with Gasteiger partial charge in [0.1, 0.15) is 0 Å². The summed E-state index contributed by atoms with van der Waals surface area (Å²) in [6.45, 7) is 10.4. The number of nitrogens with zero attached hydrogens (tertiary/aromatic N) is 1. The molecular formula is C18H30N2. The number of likely N-dealkylation sites (N-methyl/N-ethyl adjacent to an activating group) is 1. The van der Waals surface area contributed by atoms with Gasteiger partial charge >= 0.3 is 0 Å². The third-order valence-electron chi connectivity index (χ3n) is 4.55. The van der Waals surface area contributed by atoms with Crippen molar-refractivity contribution in [3.8, 4) is 0 Å². The lowest BCUT2D eigenvalue weighted by molar-refractivity contribution is 0.253. The lowest BCUT2D eigenvalue weighted by Gasteiger charge is -2.27. The van der Waals surface area contributed by atoms with E-state index in [9.17, 15) is 0 Å². The number of hydrogen-bond acceptors (Lipinski definition) is 2. The highest BCUT2D eigenvalue weighted by molar-refractivity contribution is 5.30. The standard InChI is InChI=1S/C18H30N2/c1-14-6-5-8-20(9-7-14)13-18(19-4)17-11-15(2)10-16(3)12-17/h10-12,14,18-19H,5-9,13H2,1-4H3. The lowest BCUT2D eigenvalue weighted by atomic mass is 10.0. The van der Waals surface area contributed by atoms with Crippen LogP contribution in [-0.2, 0) is 0 Å². The number of hydrogen-bond donors (Lipinski definition) is 1. The predicted octanol–water partition coefficient (Wildman–Crippen LogP) is 3.69. The van der Waals surface area contributed by atoms with Gasteiger partial charge < -0.3 is 10.2 Å². The molecule has 2 rings (SSSR count). The van der Waals surface area contributed by atoms with Crippen LogP contribution in [-0.4, -0.2) is 31.6 Å². The molecule has 2 atom stereocenters. The first kappa shape index (κ1) is 15.5. The van der Waals surface area contributed by atoms with Crippen LogP contribution in [0.25, 0.3) is 0 Å². The Morgan fingerprint density at radius 1 is 1.15 bits per heavy atom. The van der Waals surface area contributed by atoms with Gasteiger partial charge in [0.15, 0.2) is 0 Å². The molecule has 1 aliphatic heterocycles. The molecule has 1 fully saturated rings. The minimum atomic E-state index is 0.446. The van der Waals surface area contributed by atoms with Crippen LogP contribution in [0.3, 0.4) is 0 Å². The van der Waals surface area contributed by atoms with Crippen LogP contribution in [0.15, 0.2) is 18.2 Å². The van der Waals surface area contributed by atoms with E-state index in [1.165, 1.54) is 49.0 Å². The summed E-state index contributed by atoms with van der Waals surface area (Å²) in [5.74, 6) is 0.897. The van der Waals surface area contributed by atoms with Gasteiger partial charge in [0.2, 0.25) is 0 Å². The van der Waals surface area contributed by atoms with Gasteiger partial charge in [-0.15, -0.1) is 0 Å². The third-order valence-corrected chi connectivity index (χ3v) is 4.55. The summed E-state index contributed by atoms with van der Waals surface area (Å²) in [4.78, 5) is 2.64. The van der Waals surface area contributed by atoms with E-state index in [0.717, 1.165) is 12.5 Å². The van der Waals surface area contributed by atoms with Crippen LogP contribution in [0.1, 0.15) is 48.9 Å². The summed E-state index contributed by atoms with van der Waals surface area (Å²) in [5, 5.41) is 3.51. The molecule has 1 heterocycles. The molecule has 1 aromatic rings. The van der Waals surface area contributed by atoms with Crippen LogP contribution in [0.5, 0.6) is 0 Å². The van der Waals surface area contributed by atoms with Gasteiger partial charge in [0.05, 0.1) is 0 Å². The summed E-state index contributed by atoms with van der Waals surface area (Å²) < 4.78 is 0. The lowest BCUT2D eigenvalue weighted by Crippen LogP contribution is -2.34. The predicted molar refractivity (Wildman–Crippen MR) is 87.2 cm³/mol. The Kier molecular flexibility index (Phi) is 5.62. The molecule has 0 saturated carbocycles. The summed E-state index contributed by atoms with van der Waals surface area (Å²) in [5.41, 5.74) is 4.16. The van der Waals surface area contributed by atoms with E-state index >= 15 is 0 Å². The quantitative estimate of drug-likeness (QED) is 0.901. The molecule has 0 bridgehead atoms. The van der Waals surface area contributed by atoms with Crippen molar-refractivity contribution in [2.24, 2.45) is 5.92 Å². The van der Waals surface area contributed by atoms with Crippen LogP contribution < -0.4 is 5.32 Å². The second-order valence-corrected chi connectivity index (χ2v) is 6.60. The first-order chi connectivity index (χ1) is 9.58. The van der Waals surface area contributed by atoms with Crippen molar-refractivity contribution in [1.82, 2.24) is 10.2 Å². The van der Waals surface area contributed by atoms with Crippen LogP contribution in [0.4, 0.5) is 0 Å². The van der Waals surface area contributed by atoms with Gasteiger partial charge in [0.25, 0.3) is 0 Å². The maximum absolute atomic E-state index is 3.51. The number of benzene rings is 1. The zero-order chi connectivity index (χ0) is 14.5. The summed E-state index contributed by atoms with van der Waals surface area (Å²) in [6, 6.07) is 7.36. The second-order valence-electron chi connectivity index (χ2n) is 6.60. The Hall–Kier alpha value is -0.860. The van der Waals surface area contributed by atoms with Crippen molar-refractivity contribution in [2.45, 2.75) is 46.1 Å². The molecule has 0 aliphatic carbocycles. The molecule has 2 heteroatoms. The van der Waals surface area contributed by atoms with Crippen molar-refractivity contribution in [2.75, 3.05) is 26.7 Å². The number of aryl methyl sites for hydroxylation is 2. The molecular weight excluding hydrogens is 244 g/mol. The van der Waals surface area contributed by atoms with E-state index in [1.807, 2.05) is 0 Å². The minimum Gasteiger partial charge on any atom is -0.312 e. The fourth-order valence-electron chi connectivity index (χ4n) is 3.34. The molecule has 0 aromatic heterocycles. The van der Waals surface area contributed by atoms with E-state index in [2.05, 4.69) is 56.2 Å². The normalized spacial score (nSPS) is 22.5. The molecule has 2 nitrogen and oxygen atoms in total. The zero-order valence-corrected chi connectivity index (χ0v) is 13.6. The number of rotatable bonds is 4. The van der Waals surface area contributed by atoms with Crippen molar-refractivity contribution in [1.29, 1.82) is 0 Å². The molecule has 0 radical (unpaired) electrons. The maximum atomic E-state index is 3.51. The molecule has 2 unspecified atom stereocenters. The van der Waals surface area contributed by atoms with Crippen LogP contribution in [0, 0.1) is 19.8 Å². The van der Waals surface area contributed by atoms with Crippen LogP contribution >= 0.6 is 0 Å². The van der Waals surface area contributed by atoms with E-state index < -0.39 is 0 Å². The highest BCUT2D eigenvalue weighted by atomic mass is 15.1.